The highest BCUT2D eigenvalue weighted by atomic mass is 16.5. The Morgan fingerprint density at radius 2 is 1.85 bits per heavy atom. The molecule has 1 atom stereocenters. The summed E-state index contributed by atoms with van der Waals surface area (Å²) >= 11 is 0. The van der Waals surface area contributed by atoms with Crippen LogP contribution in [0.5, 0.6) is 11.5 Å². The molecule has 1 aliphatic rings. The predicted molar refractivity (Wildman–Crippen MR) is 155 cm³/mol. The van der Waals surface area contributed by atoms with Crippen LogP contribution in [0.25, 0.3) is 11.0 Å². The SMILES string of the molecule is COc1ccc(Cn2c(C(C)C)nc3ccc(N4CCCC4C(=O)NCc4ccccc4)nc3c2=O)c(OC)c1. The minimum absolute atomic E-state index is 0.0114. The molecular weight excluding hydrogens is 506 g/mol. The van der Waals surface area contributed by atoms with Gasteiger partial charge in [-0.2, -0.15) is 0 Å². The van der Waals surface area contributed by atoms with Gasteiger partial charge in [-0.3, -0.25) is 14.2 Å². The minimum atomic E-state index is -0.345. The number of nitrogens with zero attached hydrogens (tertiary/aromatic N) is 4. The van der Waals surface area contributed by atoms with Crippen LogP contribution >= 0.6 is 0 Å². The van der Waals surface area contributed by atoms with E-state index in [2.05, 4.69) is 5.32 Å². The summed E-state index contributed by atoms with van der Waals surface area (Å²) in [4.78, 5) is 38.7. The van der Waals surface area contributed by atoms with Crippen LogP contribution in [0.3, 0.4) is 0 Å². The molecule has 2 aromatic heterocycles. The van der Waals surface area contributed by atoms with Gasteiger partial charge in [0.1, 0.15) is 29.2 Å². The Labute approximate surface area is 233 Å². The van der Waals surface area contributed by atoms with Gasteiger partial charge in [0.15, 0.2) is 5.52 Å². The molecule has 9 heteroatoms. The zero-order chi connectivity index (χ0) is 28.2. The Morgan fingerprint density at radius 1 is 1.05 bits per heavy atom. The summed E-state index contributed by atoms with van der Waals surface area (Å²) in [7, 11) is 3.20. The fourth-order valence-electron chi connectivity index (χ4n) is 5.23. The zero-order valence-corrected chi connectivity index (χ0v) is 23.4. The number of amides is 1. The van der Waals surface area contributed by atoms with E-state index >= 15 is 0 Å². The Kier molecular flexibility index (Phi) is 8.00. The fourth-order valence-corrected chi connectivity index (χ4v) is 5.23. The highest BCUT2D eigenvalue weighted by Crippen LogP contribution is 2.28. The minimum Gasteiger partial charge on any atom is -0.497 e. The molecule has 0 saturated carbocycles. The second-order valence-electron chi connectivity index (χ2n) is 10.3. The van der Waals surface area contributed by atoms with Gasteiger partial charge < -0.3 is 19.7 Å². The smallest absolute Gasteiger partial charge is 0.280 e. The van der Waals surface area contributed by atoms with Gasteiger partial charge in [-0.1, -0.05) is 44.2 Å². The maximum Gasteiger partial charge on any atom is 0.280 e. The number of carbonyl (C=O) groups excluding carboxylic acids is 1. The molecule has 0 bridgehead atoms. The Hall–Kier alpha value is -4.40. The van der Waals surface area contributed by atoms with Gasteiger partial charge in [0, 0.05) is 30.6 Å². The van der Waals surface area contributed by atoms with Gasteiger partial charge >= 0.3 is 0 Å². The lowest BCUT2D eigenvalue weighted by Crippen LogP contribution is -2.43. The van der Waals surface area contributed by atoms with Crippen molar-refractivity contribution < 1.29 is 14.3 Å². The third-order valence-corrected chi connectivity index (χ3v) is 7.32. The van der Waals surface area contributed by atoms with E-state index in [1.807, 2.05) is 73.3 Å². The largest absolute Gasteiger partial charge is 0.497 e. The first-order valence-electron chi connectivity index (χ1n) is 13.6. The van der Waals surface area contributed by atoms with Crippen LogP contribution in [0.4, 0.5) is 5.82 Å². The van der Waals surface area contributed by atoms with Crippen LogP contribution in [0.2, 0.25) is 0 Å². The van der Waals surface area contributed by atoms with E-state index in [0.29, 0.717) is 41.7 Å². The standard InChI is InChI=1S/C31H35N5O4/c1-20(2)29-33-24-14-15-27(35-16-8-11-25(35)30(37)32-18-21-9-6-5-7-10-21)34-28(24)31(38)36(29)19-22-12-13-23(39-3)17-26(22)40-4/h5-7,9-10,12-15,17,20,25H,8,11,16,18-19H2,1-4H3,(H,32,37). The number of anilines is 1. The first-order valence-corrected chi connectivity index (χ1v) is 13.6. The van der Waals surface area contributed by atoms with E-state index in [1.54, 1.807) is 24.9 Å². The average molecular weight is 542 g/mol. The molecule has 1 saturated heterocycles. The maximum atomic E-state index is 13.9. The van der Waals surface area contributed by atoms with Crippen LogP contribution in [-0.4, -0.2) is 47.2 Å². The number of ether oxygens (including phenoxy) is 2. The van der Waals surface area contributed by atoms with E-state index in [0.717, 1.165) is 24.0 Å². The Morgan fingerprint density at radius 3 is 2.58 bits per heavy atom. The van der Waals surface area contributed by atoms with Gasteiger partial charge in [-0.25, -0.2) is 9.97 Å². The van der Waals surface area contributed by atoms with E-state index in [9.17, 15) is 9.59 Å². The number of aromatic nitrogens is 3. The molecule has 4 aromatic rings. The van der Waals surface area contributed by atoms with Crippen molar-refractivity contribution in [2.24, 2.45) is 0 Å². The van der Waals surface area contributed by atoms with Crippen molar-refractivity contribution >= 4 is 22.8 Å². The topological polar surface area (TPSA) is 98.6 Å². The molecule has 1 unspecified atom stereocenters. The Balaban J connectivity index is 1.47. The molecule has 1 aliphatic heterocycles. The Bertz CT molecular complexity index is 1570. The number of carbonyl (C=O) groups is 1. The first-order chi connectivity index (χ1) is 19.4. The number of nitrogens with one attached hydrogen (secondary N) is 1. The number of methoxy groups -OCH3 is 2. The number of fused-ring (bicyclic) bond motifs is 1. The third kappa shape index (κ3) is 5.50. The molecule has 5 rings (SSSR count). The van der Waals surface area contributed by atoms with Crippen LogP contribution in [-0.2, 0) is 17.9 Å². The molecule has 40 heavy (non-hydrogen) atoms. The summed E-state index contributed by atoms with van der Waals surface area (Å²) in [5.41, 5.74) is 2.48. The third-order valence-electron chi connectivity index (χ3n) is 7.32. The number of pyridine rings is 1. The van der Waals surface area contributed by atoms with E-state index in [1.165, 1.54) is 0 Å². The predicted octanol–water partition coefficient (Wildman–Crippen LogP) is 4.27. The molecule has 1 amide bonds. The number of hydrogen-bond donors (Lipinski definition) is 1. The molecule has 9 nitrogen and oxygen atoms in total. The van der Waals surface area contributed by atoms with Crippen molar-refractivity contribution in [3.05, 3.63) is 88.0 Å². The molecule has 1 fully saturated rings. The summed E-state index contributed by atoms with van der Waals surface area (Å²) in [5, 5.41) is 3.06. The molecule has 3 heterocycles. The van der Waals surface area contributed by atoms with Gasteiger partial charge in [-0.05, 0) is 42.7 Å². The van der Waals surface area contributed by atoms with Crippen molar-refractivity contribution in [2.75, 3.05) is 25.7 Å². The zero-order valence-electron chi connectivity index (χ0n) is 23.4. The van der Waals surface area contributed by atoms with Crippen LogP contribution in [0.15, 0.2) is 65.5 Å². The van der Waals surface area contributed by atoms with Crippen LogP contribution in [0, 0.1) is 0 Å². The van der Waals surface area contributed by atoms with Crippen molar-refractivity contribution in [2.45, 2.75) is 51.7 Å². The number of rotatable bonds is 9. The average Bonchev–Trinajstić information content (AvgIpc) is 3.48. The van der Waals surface area contributed by atoms with Crippen molar-refractivity contribution in [1.82, 2.24) is 19.9 Å². The summed E-state index contributed by atoms with van der Waals surface area (Å²) in [5.74, 6) is 2.55. The van der Waals surface area contributed by atoms with Crippen molar-refractivity contribution in [3.8, 4) is 11.5 Å². The molecular formula is C31H35N5O4. The molecule has 208 valence electrons. The summed E-state index contributed by atoms with van der Waals surface area (Å²) < 4.78 is 12.6. The number of benzene rings is 2. The monoisotopic (exact) mass is 541 g/mol. The number of hydrogen-bond acceptors (Lipinski definition) is 7. The molecule has 0 aliphatic carbocycles. The van der Waals surface area contributed by atoms with E-state index < -0.39 is 0 Å². The normalized spacial score (nSPS) is 15.0. The van der Waals surface area contributed by atoms with Gasteiger partial charge in [0.05, 0.1) is 26.3 Å². The maximum absolute atomic E-state index is 13.9. The molecule has 0 radical (unpaired) electrons. The summed E-state index contributed by atoms with van der Waals surface area (Å²) in [6.45, 7) is 5.47. The lowest BCUT2D eigenvalue weighted by molar-refractivity contribution is -0.122. The second kappa shape index (κ2) is 11.8. The quantitative estimate of drug-likeness (QED) is 0.338. The van der Waals surface area contributed by atoms with E-state index in [-0.39, 0.29) is 35.5 Å². The summed E-state index contributed by atoms with van der Waals surface area (Å²) in [6.07, 6.45) is 1.60. The van der Waals surface area contributed by atoms with Crippen molar-refractivity contribution in [3.63, 3.8) is 0 Å². The highest BCUT2D eigenvalue weighted by Gasteiger charge is 2.32. The van der Waals surface area contributed by atoms with E-state index in [4.69, 9.17) is 19.4 Å². The van der Waals surface area contributed by atoms with Gasteiger partial charge in [-0.15, -0.1) is 0 Å². The second-order valence-corrected chi connectivity index (χ2v) is 10.3. The van der Waals surface area contributed by atoms with Gasteiger partial charge in [0.2, 0.25) is 5.91 Å². The molecule has 0 spiro atoms. The first kappa shape index (κ1) is 27.2. The fraction of sp³-hybridized carbons (Fsp3) is 0.355. The van der Waals surface area contributed by atoms with Crippen molar-refractivity contribution in [1.29, 1.82) is 0 Å². The lowest BCUT2D eigenvalue weighted by Gasteiger charge is -2.25. The van der Waals surface area contributed by atoms with Crippen LogP contribution in [0.1, 0.15) is 49.6 Å². The van der Waals surface area contributed by atoms with Crippen LogP contribution < -0.4 is 25.2 Å². The highest BCUT2D eigenvalue weighted by molar-refractivity contribution is 5.86. The van der Waals surface area contributed by atoms with Gasteiger partial charge in [0.25, 0.3) is 5.56 Å². The molecule has 2 aromatic carbocycles. The molecule has 1 N–H and O–H groups in total. The lowest BCUT2D eigenvalue weighted by atomic mass is 10.1. The summed E-state index contributed by atoms with van der Waals surface area (Å²) in [6, 6.07) is 18.7.